The first-order valence-electron chi connectivity index (χ1n) is 3.70. The molecule has 2 fully saturated rings. The Bertz CT molecular complexity index is 91.1. The number of rotatable bonds is 0. The van der Waals surface area contributed by atoms with E-state index in [0.717, 1.165) is 0 Å². The summed E-state index contributed by atoms with van der Waals surface area (Å²) in [4.78, 5) is 0. The van der Waals surface area contributed by atoms with Gasteiger partial charge in [-0.25, -0.2) is 0 Å². The SMILES string of the molecule is C1CC[C@H]2OCO[C@@H]2C1. The monoisotopic (exact) mass is 128 g/mol. The highest BCUT2D eigenvalue weighted by atomic mass is 16.7. The van der Waals surface area contributed by atoms with Gasteiger partial charge in [0, 0.05) is 0 Å². The molecule has 0 radical (unpaired) electrons. The molecule has 0 aromatic rings. The first-order valence-corrected chi connectivity index (χ1v) is 3.70. The molecule has 0 bridgehead atoms. The molecule has 2 nitrogen and oxygen atoms in total. The summed E-state index contributed by atoms with van der Waals surface area (Å²) >= 11 is 0. The molecule has 0 aromatic carbocycles. The predicted octanol–water partition coefficient (Wildman–Crippen LogP) is 1.30. The van der Waals surface area contributed by atoms with Crippen LogP contribution in [0.1, 0.15) is 25.7 Å². The van der Waals surface area contributed by atoms with Crippen LogP contribution < -0.4 is 0 Å². The summed E-state index contributed by atoms with van der Waals surface area (Å²) in [6.07, 6.45) is 5.96. The third-order valence-corrected chi connectivity index (χ3v) is 2.21. The van der Waals surface area contributed by atoms with Gasteiger partial charge in [-0.15, -0.1) is 0 Å². The van der Waals surface area contributed by atoms with Gasteiger partial charge in [-0.3, -0.25) is 0 Å². The number of ether oxygens (including phenoxy) is 2. The zero-order chi connectivity index (χ0) is 6.10. The van der Waals surface area contributed by atoms with Crippen molar-refractivity contribution in [3.05, 3.63) is 0 Å². The molecule has 1 heterocycles. The molecule has 9 heavy (non-hydrogen) atoms. The van der Waals surface area contributed by atoms with Crippen LogP contribution in [-0.2, 0) is 9.47 Å². The first kappa shape index (κ1) is 5.69. The fraction of sp³-hybridized carbons (Fsp3) is 1.00. The molecule has 52 valence electrons. The lowest BCUT2D eigenvalue weighted by atomic mass is 9.95. The maximum Gasteiger partial charge on any atom is 0.147 e. The standard InChI is InChI=1S/C7H12O2/c1-2-4-7-6(3-1)8-5-9-7/h6-7H,1-5H2/t6-,7-/m1/s1. The number of fused-ring (bicyclic) bond motifs is 1. The third kappa shape index (κ3) is 0.970. The summed E-state index contributed by atoms with van der Waals surface area (Å²) in [6.45, 7) is 0.537. The van der Waals surface area contributed by atoms with Crippen LogP contribution >= 0.6 is 0 Å². The van der Waals surface area contributed by atoms with Gasteiger partial charge in [0.05, 0.1) is 12.2 Å². The van der Waals surface area contributed by atoms with Crippen molar-refractivity contribution in [2.75, 3.05) is 6.79 Å². The van der Waals surface area contributed by atoms with Gasteiger partial charge in [0.25, 0.3) is 0 Å². The lowest BCUT2D eigenvalue weighted by Gasteiger charge is -2.21. The van der Waals surface area contributed by atoms with E-state index in [9.17, 15) is 0 Å². The largest absolute Gasteiger partial charge is 0.349 e. The van der Waals surface area contributed by atoms with Crippen molar-refractivity contribution in [1.82, 2.24) is 0 Å². The van der Waals surface area contributed by atoms with Crippen molar-refractivity contribution >= 4 is 0 Å². The van der Waals surface area contributed by atoms with Gasteiger partial charge < -0.3 is 9.47 Å². The van der Waals surface area contributed by atoms with Gasteiger partial charge in [-0.05, 0) is 12.8 Å². The molecule has 0 spiro atoms. The van der Waals surface area contributed by atoms with Crippen molar-refractivity contribution in [1.29, 1.82) is 0 Å². The molecule has 0 unspecified atom stereocenters. The van der Waals surface area contributed by atoms with E-state index in [-0.39, 0.29) is 0 Å². The number of hydrogen-bond donors (Lipinski definition) is 0. The molecule has 1 aliphatic heterocycles. The van der Waals surface area contributed by atoms with E-state index in [1.165, 1.54) is 25.7 Å². The molecule has 2 aliphatic rings. The van der Waals surface area contributed by atoms with Crippen molar-refractivity contribution in [3.8, 4) is 0 Å². The van der Waals surface area contributed by atoms with E-state index in [1.807, 2.05) is 0 Å². The highest BCUT2D eigenvalue weighted by molar-refractivity contribution is 4.78. The van der Waals surface area contributed by atoms with E-state index in [2.05, 4.69) is 0 Å². The minimum Gasteiger partial charge on any atom is -0.349 e. The third-order valence-electron chi connectivity index (χ3n) is 2.21. The predicted molar refractivity (Wildman–Crippen MR) is 33.1 cm³/mol. The quantitative estimate of drug-likeness (QED) is 0.489. The van der Waals surface area contributed by atoms with E-state index in [0.29, 0.717) is 19.0 Å². The molecule has 1 saturated heterocycles. The highest BCUT2D eigenvalue weighted by Crippen LogP contribution is 2.27. The van der Waals surface area contributed by atoms with E-state index >= 15 is 0 Å². The molecule has 2 heteroatoms. The lowest BCUT2D eigenvalue weighted by Crippen LogP contribution is -2.25. The Balaban J connectivity index is 1.97. The minimum atomic E-state index is 0.443. The Morgan fingerprint density at radius 2 is 1.44 bits per heavy atom. The summed E-state index contributed by atoms with van der Waals surface area (Å²) in [5.41, 5.74) is 0. The van der Waals surface area contributed by atoms with E-state index < -0.39 is 0 Å². The van der Waals surface area contributed by atoms with Crippen LogP contribution in [0.4, 0.5) is 0 Å². The van der Waals surface area contributed by atoms with Crippen molar-refractivity contribution in [2.24, 2.45) is 0 Å². The molecule has 1 aliphatic carbocycles. The van der Waals surface area contributed by atoms with Crippen LogP contribution in [0.25, 0.3) is 0 Å². The van der Waals surface area contributed by atoms with Crippen molar-refractivity contribution < 1.29 is 9.47 Å². The highest BCUT2D eigenvalue weighted by Gasteiger charge is 2.30. The Labute approximate surface area is 55.1 Å². The molecule has 2 rings (SSSR count). The topological polar surface area (TPSA) is 18.5 Å². The van der Waals surface area contributed by atoms with Gasteiger partial charge in [0.2, 0.25) is 0 Å². The Morgan fingerprint density at radius 3 is 2.00 bits per heavy atom. The minimum absolute atomic E-state index is 0.443. The molecular formula is C7H12O2. The zero-order valence-corrected chi connectivity index (χ0v) is 5.51. The molecule has 0 aromatic heterocycles. The van der Waals surface area contributed by atoms with Crippen LogP contribution in [0, 0.1) is 0 Å². The Kier molecular flexibility index (Phi) is 1.44. The maximum absolute atomic E-state index is 5.33. The smallest absolute Gasteiger partial charge is 0.147 e. The van der Waals surface area contributed by atoms with Crippen molar-refractivity contribution in [3.63, 3.8) is 0 Å². The second kappa shape index (κ2) is 2.27. The summed E-state index contributed by atoms with van der Waals surface area (Å²) < 4.78 is 10.7. The molecule has 0 N–H and O–H groups in total. The van der Waals surface area contributed by atoms with Crippen LogP contribution in [-0.4, -0.2) is 19.0 Å². The van der Waals surface area contributed by atoms with E-state index in [1.54, 1.807) is 0 Å². The second-order valence-corrected chi connectivity index (χ2v) is 2.81. The summed E-state index contributed by atoms with van der Waals surface area (Å²) in [7, 11) is 0. The second-order valence-electron chi connectivity index (χ2n) is 2.81. The Hall–Kier alpha value is -0.0800. The summed E-state index contributed by atoms with van der Waals surface area (Å²) in [5, 5.41) is 0. The molecule has 2 atom stereocenters. The van der Waals surface area contributed by atoms with Crippen molar-refractivity contribution in [2.45, 2.75) is 37.9 Å². The maximum atomic E-state index is 5.33. The molecule has 0 amide bonds. The van der Waals surface area contributed by atoms with Crippen LogP contribution in [0.2, 0.25) is 0 Å². The average Bonchev–Trinajstić information content (AvgIpc) is 2.33. The van der Waals surface area contributed by atoms with Gasteiger partial charge in [0.1, 0.15) is 6.79 Å². The van der Waals surface area contributed by atoms with Gasteiger partial charge in [-0.1, -0.05) is 12.8 Å². The average molecular weight is 128 g/mol. The van der Waals surface area contributed by atoms with Gasteiger partial charge >= 0.3 is 0 Å². The van der Waals surface area contributed by atoms with Crippen LogP contribution in [0.5, 0.6) is 0 Å². The fourth-order valence-corrected chi connectivity index (χ4v) is 1.66. The summed E-state index contributed by atoms with van der Waals surface area (Å²) in [6, 6.07) is 0. The fourth-order valence-electron chi connectivity index (χ4n) is 1.66. The zero-order valence-electron chi connectivity index (χ0n) is 5.51. The molecule has 1 saturated carbocycles. The van der Waals surface area contributed by atoms with Crippen LogP contribution in [0.3, 0.4) is 0 Å². The summed E-state index contributed by atoms with van der Waals surface area (Å²) in [5.74, 6) is 0. The number of hydrogen-bond acceptors (Lipinski definition) is 2. The first-order chi connectivity index (χ1) is 4.47. The van der Waals surface area contributed by atoms with Gasteiger partial charge in [0.15, 0.2) is 0 Å². The van der Waals surface area contributed by atoms with Gasteiger partial charge in [-0.2, -0.15) is 0 Å². The Morgan fingerprint density at radius 1 is 0.889 bits per heavy atom. The van der Waals surface area contributed by atoms with Crippen LogP contribution in [0.15, 0.2) is 0 Å². The normalized spacial score (nSPS) is 42.7. The van der Waals surface area contributed by atoms with E-state index in [4.69, 9.17) is 9.47 Å². The molecular weight excluding hydrogens is 116 g/mol. The lowest BCUT2D eigenvalue weighted by molar-refractivity contribution is 0.0396.